The van der Waals surface area contributed by atoms with E-state index in [2.05, 4.69) is 31.0 Å². The van der Waals surface area contributed by atoms with E-state index >= 15 is 0 Å². The highest BCUT2D eigenvalue weighted by molar-refractivity contribution is 7.99. The van der Waals surface area contributed by atoms with Gasteiger partial charge in [0.1, 0.15) is 5.75 Å². The normalized spacial score (nSPS) is 12.5. The number of aromatic nitrogens is 3. The van der Waals surface area contributed by atoms with Crippen molar-refractivity contribution in [2.75, 3.05) is 29.9 Å². The van der Waals surface area contributed by atoms with Gasteiger partial charge in [0, 0.05) is 17.3 Å². The largest absolute Gasteiger partial charge is 0.494 e. The number of anilines is 2. The Bertz CT molecular complexity index is 1130. The highest BCUT2D eigenvalue weighted by Gasteiger charge is 2.14. The van der Waals surface area contributed by atoms with Crippen LogP contribution < -0.4 is 25.0 Å². The van der Waals surface area contributed by atoms with Crippen molar-refractivity contribution in [3.63, 3.8) is 0 Å². The SMILES string of the molecule is CCOc1cccc(NC(=O)CSc2n[nH]c(N/N=C(/C)c3ccc4c(c3)OCO4)n2)c1. The van der Waals surface area contributed by atoms with Gasteiger partial charge < -0.3 is 19.5 Å². The summed E-state index contributed by atoms with van der Waals surface area (Å²) in [6, 6.07) is 12.9. The molecule has 2 aromatic carbocycles. The van der Waals surface area contributed by atoms with Crippen LogP contribution in [0, 0.1) is 0 Å². The standard InChI is InChI=1S/C21H22N6O4S/c1-3-29-16-6-4-5-15(10-16)22-19(28)11-32-21-23-20(26-27-21)25-24-13(2)14-7-8-17-18(9-14)31-12-30-17/h4-10H,3,11-12H2,1-2H3,(H,22,28)(H2,23,25,26,27)/b24-13-. The summed E-state index contributed by atoms with van der Waals surface area (Å²) in [6.45, 7) is 4.56. The molecule has 10 nitrogen and oxygen atoms in total. The first kappa shape index (κ1) is 21.5. The van der Waals surface area contributed by atoms with Crippen LogP contribution in [0.25, 0.3) is 0 Å². The summed E-state index contributed by atoms with van der Waals surface area (Å²) in [4.78, 5) is 16.5. The molecule has 2 heterocycles. The van der Waals surface area contributed by atoms with Crippen molar-refractivity contribution in [2.24, 2.45) is 5.10 Å². The molecule has 0 unspecified atom stereocenters. The van der Waals surface area contributed by atoms with Crippen LogP contribution in [0.3, 0.4) is 0 Å². The lowest BCUT2D eigenvalue weighted by Crippen LogP contribution is -2.14. The Kier molecular flexibility index (Phi) is 6.75. The highest BCUT2D eigenvalue weighted by atomic mass is 32.2. The summed E-state index contributed by atoms with van der Waals surface area (Å²) >= 11 is 1.21. The van der Waals surface area contributed by atoms with E-state index < -0.39 is 0 Å². The van der Waals surface area contributed by atoms with E-state index in [1.54, 1.807) is 12.1 Å². The van der Waals surface area contributed by atoms with Crippen molar-refractivity contribution >= 4 is 35.0 Å². The molecular weight excluding hydrogens is 432 g/mol. The zero-order chi connectivity index (χ0) is 22.3. The van der Waals surface area contributed by atoms with Gasteiger partial charge in [0.2, 0.25) is 23.8 Å². The molecule has 1 aromatic heterocycles. The molecule has 0 atom stereocenters. The number of carbonyl (C=O) groups is 1. The van der Waals surface area contributed by atoms with E-state index in [9.17, 15) is 4.79 Å². The molecule has 1 aliphatic heterocycles. The van der Waals surface area contributed by atoms with Crippen molar-refractivity contribution < 1.29 is 19.0 Å². The van der Waals surface area contributed by atoms with Gasteiger partial charge in [0.15, 0.2) is 11.5 Å². The molecule has 11 heteroatoms. The third-order valence-electron chi connectivity index (χ3n) is 4.35. The lowest BCUT2D eigenvalue weighted by Gasteiger charge is -2.07. The first-order valence-electron chi connectivity index (χ1n) is 9.89. The third-order valence-corrected chi connectivity index (χ3v) is 5.19. The Morgan fingerprint density at radius 3 is 3.00 bits per heavy atom. The van der Waals surface area contributed by atoms with Gasteiger partial charge in [-0.2, -0.15) is 10.1 Å². The van der Waals surface area contributed by atoms with Crippen LogP contribution in [-0.2, 0) is 4.79 Å². The molecule has 32 heavy (non-hydrogen) atoms. The Hall–Kier alpha value is -3.73. The van der Waals surface area contributed by atoms with Crippen LogP contribution in [0.2, 0.25) is 0 Å². The monoisotopic (exact) mass is 454 g/mol. The number of H-pyrrole nitrogens is 1. The van der Waals surface area contributed by atoms with Crippen LogP contribution in [0.15, 0.2) is 52.7 Å². The minimum Gasteiger partial charge on any atom is -0.494 e. The summed E-state index contributed by atoms with van der Waals surface area (Å²) in [6.07, 6.45) is 0. The molecule has 0 aliphatic carbocycles. The molecule has 1 amide bonds. The smallest absolute Gasteiger partial charge is 0.240 e. The van der Waals surface area contributed by atoms with Crippen LogP contribution in [0.1, 0.15) is 19.4 Å². The van der Waals surface area contributed by atoms with Gasteiger partial charge >= 0.3 is 0 Å². The number of nitrogens with zero attached hydrogens (tertiary/aromatic N) is 3. The van der Waals surface area contributed by atoms with Crippen LogP contribution in [0.5, 0.6) is 17.2 Å². The second-order valence-electron chi connectivity index (χ2n) is 6.64. The zero-order valence-electron chi connectivity index (χ0n) is 17.5. The molecule has 0 fully saturated rings. The molecule has 3 aromatic rings. The maximum absolute atomic E-state index is 12.2. The molecule has 3 N–H and O–H groups in total. The zero-order valence-corrected chi connectivity index (χ0v) is 18.4. The van der Waals surface area contributed by atoms with E-state index in [4.69, 9.17) is 14.2 Å². The van der Waals surface area contributed by atoms with E-state index in [0.29, 0.717) is 34.9 Å². The third kappa shape index (κ3) is 5.49. The van der Waals surface area contributed by atoms with Crippen LogP contribution >= 0.6 is 11.8 Å². The summed E-state index contributed by atoms with van der Waals surface area (Å²) in [7, 11) is 0. The van der Waals surface area contributed by atoms with Gasteiger partial charge in [-0.1, -0.05) is 17.8 Å². The van der Waals surface area contributed by atoms with Crippen LogP contribution in [0.4, 0.5) is 11.6 Å². The van der Waals surface area contributed by atoms with Crippen molar-refractivity contribution in [1.29, 1.82) is 0 Å². The Balaban J connectivity index is 1.28. The van der Waals surface area contributed by atoms with Crippen molar-refractivity contribution in [2.45, 2.75) is 19.0 Å². The average Bonchev–Trinajstić information content (AvgIpc) is 3.45. The topological polar surface area (TPSA) is 123 Å². The fraction of sp³-hybridized carbons (Fsp3) is 0.238. The Morgan fingerprint density at radius 2 is 2.12 bits per heavy atom. The molecule has 0 spiro atoms. The summed E-state index contributed by atoms with van der Waals surface area (Å²) in [5.41, 5.74) is 5.14. The molecule has 0 saturated carbocycles. The van der Waals surface area contributed by atoms with Gasteiger partial charge in [0.25, 0.3) is 0 Å². The number of rotatable bonds is 9. The van der Waals surface area contributed by atoms with Crippen molar-refractivity contribution in [1.82, 2.24) is 15.2 Å². The predicted octanol–water partition coefficient (Wildman–Crippen LogP) is 3.50. The molecule has 0 bridgehead atoms. The predicted molar refractivity (Wildman–Crippen MR) is 122 cm³/mol. The number of aromatic amines is 1. The number of hydrazone groups is 1. The number of amides is 1. The summed E-state index contributed by atoms with van der Waals surface area (Å²) in [5.74, 6) is 2.49. The van der Waals surface area contributed by atoms with E-state index in [-0.39, 0.29) is 18.5 Å². The Morgan fingerprint density at radius 1 is 1.25 bits per heavy atom. The average molecular weight is 455 g/mol. The number of fused-ring (bicyclic) bond motifs is 1. The second-order valence-corrected chi connectivity index (χ2v) is 7.58. The first-order chi connectivity index (χ1) is 15.6. The van der Waals surface area contributed by atoms with E-state index in [1.807, 2.05) is 44.2 Å². The first-order valence-corrected chi connectivity index (χ1v) is 10.9. The van der Waals surface area contributed by atoms with E-state index in [0.717, 1.165) is 17.0 Å². The number of thioether (sulfide) groups is 1. The fourth-order valence-corrected chi connectivity index (χ4v) is 3.44. The van der Waals surface area contributed by atoms with Gasteiger partial charge in [0.05, 0.1) is 18.1 Å². The van der Waals surface area contributed by atoms with Gasteiger partial charge in [-0.3, -0.25) is 4.79 Å². The minimum atomic E-state index is -0.167. The molecule has 0 saturated heterocycles. The number of hydrogen-bond donors (Lipinski definition) is 3. The minimum absolute atomic E-state index is 0.162. The van der Waals surface area contributed by atoms with E-state index in [1.165, 1.54) is 11.8 Å². The van der Waals surface area contributed by atoms with Gasteiger partial charge in [-0.15, -0.1) is 5.10 Å². The quantitative estimate of drug-likeness (QED) is 0.255. The maximum Gasteiger partial charge on any atom is 0.240 e. The summed E-state index contributed by atoms with van der Waals surface area (Å²) < 4.78 is 16.1. The number of ether oxygens (including phenoxy) is 3. The second kappa shape index (κ2) is 10.1. The molecule has 0 radical (unpaired) electrons. The molecule has 1 aliphatic rings. The highest BCUT2D eigenvalue weighted by Crippen LogP contribution is 2.32. The van der Waals surface area contributed by atoms with Gasteiger partial charge in [-0.25, -0.2) is 10.5 Å². The molecule has 166 valence electrons. The van der Waals surface area contributed by atoms with Crippen molar-refractivity contribution in [3.8, 4) is 17.2 Å². The van der Waals surface area contributed by atoms with Crippen molar-refractivity contribution in [3.05, 3.63) is 48.0 Å². The Labute approximate surface area is 188 Å². The molecule has 4 rings (SSSR count). The maximum atomic E-state index is 12.2. The van der Waals surface area contributed by atoms with Gasteiger partial charge in [-0.05, 0) is 44.2 Å². The number of hydrogen-bond acceptors (Lipinski definition) is 9. The number of nitrogens with one attached hydrogen (secondary N) is 3. The lowest BCUT2D eigenvalue weighted by molar-refractivity contribution is -0.113. The lowest BCUT2D eigenvalue weighted by atomic mass is 10.1. The fourth-order valence-electron chi connectivity index (χ4n) is 2.84. The van der Waals surface area contributed by atoms with Crippen LogP contribution in [-0.4, -0.2) is 46.0 Å². The molecular formula is C21H22N6O4S. The summed E-state index contributed by atoms with van der Waals surface area (Å²) in [5, 5.41) is 14.4. The number of benzene rings is 2. The number of carbonyl (C=O) groups excluding carboxylic acids is 1.